The molecule has 22 heavy (non-hydrogen) atoms. The van der Waals surface area contributed by atoms with E-state index in [1.54, 1.807) is 0 Å². The number of nitrogens with one attached hydrogen (secondary N) is 3. The molecule has 0 saturated heterocycles. The minimum absolute atomic E-state index is 0.427. The Balaban J connectivity index is 1.85. The fourth-order valence-electron chi connectivity index (χ4n) is 2.49. The Labute approximate surface area is 133 Å². The van der Waals surface area contributed by atoms with Crippen molar-refractivity contribution >= 4 is 16.9 Å². The van der Waals surface area contributed by atoms with Crippen LogP contribution in [0.1, 0.15) is 39.3 Å². The van der Waals surface area contributed by atoms with Crippen molar-refractivity contribution in [2.45, 2.75) is 46.2 Å². The lowest BCUT2D eigenvalue weighted by Crippen LogP contribution is -2.42. The average molecular weight is 300 g/mol. The minimum Gasteiger partial charge on any atom is -0.357 e. The number of para-hydroxylation sites is 1. The highest BCUT2D eigenvalue weighted by Gasteiger charge is 2.07. The second-order valence-electron chi connectivity index (χ2n) is 6.32. The summed E-state index contributed by atoms with van der Waals surface area (Å²) in [7, 11) is 1.82. The smallest absolute Gasteiger partial charge is 0.191 e. The van der Waals surface area contributed by atoms with E-state index in [0.29, 0.717) is 6.04 Å². The summed E-state index contributed by atoms with van der Waals surface area (Å²) in [4.78, 5) is 7.73. The Kier molecular flexibility index (Phi) is 5.87. The molecular formula is C18H28N4. The molecule has 0 spiro atoms. The van der Waals surface area contributed by atoms with Crippen LogP contribution in [0, 0.1) is 5.92 Å². The van der Waals surface area contributed by atoms with Crippen molar-refractivity contribution in [3.63, 3.8) is 0 Å². The van der Waals surface area contributed by atoms with Gasteiger partial charge in [-0.15, -0.1) is 0 Å². The predicted octanol–water partition coefficient (Wildman–Crippen LogP) is 3.66. The summed E-state index contributed by atoms with van der Waals surface area (Å²) in [5.74, 6) is 1.60. The van der Waals surface area contributed by atoms with Crippen LogP contribution in [0.5, 0.6) is 0 Å². The van der Waals surface area contributed by atoms with Gasteiger partial charge in [-0.3, -0.25) is 4.99 Å². The Morgan fingerprint density at radius 2 is 1.95 bits per heavy atom. The standard InChI is InChI=1S/C18H28N4/c1-13(2)9-10-14(3)21-18(19-4)20-12-16-11-15-7-5-6-8-17(15)22-16/h5-8,11,13-14,22H,9-10,12H2,1-4H3,(H2,19,20,21). The summed E-state index contributed by atoms with van der Waals surface area (Å²) in [6.07, 6.45) is 2.39. The molecule has 1 unspecified atom stereocenters. The molecule has 0 fully saturated rings. The third-order valence-corrected chi connectivity index (χ3v) is 3.82. The van der Waals surface area contributed by atoms with E-state index in [0.717, 1.165) is 24.8 Å². The summed E-state index contributed by atoms with van der Waals surface area (Å²) in [6, 6.07) is 10.9. The molecule has 0 amide bonds. The zero-order valence-electron chi connectivity index (χ0n) is 14.1. The van der Waals surface area contributed by atoms with E-state index in [2.05, 4.69) is 65.6 Å². The maximum absolute atomic E-state index is 4.30. The van der Waals surface area contributed by atoms with Gasteiger partial charge in [0.15, 0.2) is 5.96 Å². The third-order valence-electron chi connectivity index (χ3n) is 3.82. The van der Waals surface area contributed by atoms with Crippen molar-refractivity contribution in [2.75, 3.05) is 7.05 Å². The quantitative estimate of drug-likeness (QED) is 0.563. The average Bonchev–Trinajstić information content (AvgIpc) is 2.92. The molecule has 4 nitrogen and oxygen atoms in total. The molecule has 0 aliphatic carbocycles. The first-order valence-corrected chi connectivity index (χ1v) is 8.12. The zero-order valence-corrected chi connectivity index (χ0v) is 14.1. The Hall–Kier alpha value is -1.97. The van der Waals surface area contributed by atoms with Crippen LogP contribution >= 0.6 is 0 Å². The van der Waals surface area contributed by atoms with E-state index in [9.17, 15) is 0 Å². The fourth-order valence-corrected chi connectivity index (χ4v) is 2.49. The van der Waals surface area contributed by atoms with Crippen molar-refractivity contribution in [1.82, 2.24) is 15.6 Å². The van der Waals surface area contributed by atoms with Gasteiger partial charge in [0.1, 0.15) is 0 Å². The maximum atomic E-state index is 4.30. The van der Waals surface area contributed by atoms with Gasteiger partial charge in [0.2, 0.25) is 0 Å². The number of hydrogen-bond acceptors (Lipinski definition) is 1. The van der Waals surface area contributed by atoms with Crippen LogP contribution < -0.4 is 10.6 Å². The van der Waals surface area contributed by atoms with Crippen LogP contribution in [0.3, 0.4) is 0 Å². The summed E-state index contributed by atoms with van der Waals surface area (Å²) in [5.41, 5.74) is 2.34. The Morgan fingerprint density at radius 1 is 1.18 bits per heavy atom. The minimum atomic E-state index is 0.427. The van der Waals surface area contributed by atoms with Gasteiger partial charge in [-0.1, -0.05) is 32.0 Å². The predicted molar refractivity (Wildman–Crippen MR) is 95.2 cm³/mol. The Bertz CT molecular complexity index is 579. The molecule has 2 rings (SSSR count). The second kappa shape index (κ2) is 7.87. The highest BCUT2D eigenvalue weighted by Crippen LogP contribution is 2.14. The van der Waals surface area contributed by atoms with E-state index in [1.807, 2.05) is 13.1 Å². The van der Waals surface area contributed by atoms with Crippen LogP contribution in [0.2, 0.25) is 0 Å². The van der Waals surface area contributed by atoms with Crippen molar-refractivity contribution in [1.29, 1.82) is 0 Å². The highest BCUT2D eigenvalue weighted by molar-refractivity contribution is 5.81. The van der Waals surface area contributed by atoms with E-state index < -0.39 is 0 Å². The van der Waals surface area contributed by atoms with E-state index in [4.69, 9.17) is 0 Å². The summed E-state index contributed by atoms with van der Waals surface area (Å²) >= 11 is 0. The topological polar surface area (TPSA) is 52.2 Å². The molecule has 120 valence electrons. The molecule has 1 aromatic carbocycles. The van der Waals surface area contributed by atoms with E-state index >= 15 is 0 Å². The van der Waals surface area contributed by atoms with Gasteiger partial charge in [0.25, 0.3) is 0 Å². The normalized spacial score (nSPS) is 13.6. The van der Waals surface area contributed by atoms with Gasteiger partial charge in [0, 0.05) is 24.3 Å². The van der Waals surface area contributed by atoms with E-state index in [-0.39, 0.29) is 0 Å². The number of nitrogens with zero attached hydrogens (tertiary/aromatic N) is 1. The number of fused-ring (bicyclic) bond motifs is 1. The molecule has 0 bridgehead atoms. The Morgan fingerprint density at radius 3 is 2.64 bits per heavy atom. The zero-order chi connectivity index (χ0) is 15.9. The maximum Gasteiger partial charge on any atom is 0.191 e. The number of benzene rings is 1. The van der Waals surface area contributed by atoms with Crippen LogP contribution in [0.15, 0.2) is 35.3 Å². The number of aromatic nitrogens is 1. The van der Waals surface area contributed by atoms with Gasteiger partial charge in [-0.05, 0) is 43.2 Å². The van der Waals surface area contributed by atoms with Crippen LogP contribution in [-0.4, -0.2) is 24.0 Å². The molecular weight excluding hydrogens is 272 g/mol. The molecule has 0 saturated carbocycles. The number of aliphatic imine (C=N–C) groups is 1. The number of hydrogen-bond donors (Lipinski definition) is 3. The first-order chi connectivity index (χ1) is 10.6. The van der Waals surface area contributed by atoms with Crippen LogP contribution in [0.25, 0.3) is 10.9 Å². The molecule has 4 heteroatoms. The van der Waals surface area contributed by atoms with Gasteiger partial charge in [0.05, 0.1) is 6.54 Å². The fraction of sp³-hybridized carbons (Fsp3) is 0.500. The lowest BCUT2D eigenvalue weighted by atomic mass is 10.0. The molecule has 1 heterocycles. The monoisotopic (exact) mass is 300 g/mol. The van der Waals surface area contributed by atoms with Crippen molar-refractivity contribution in [3.05, 3.63) is 36.0 Å². The lowest BCUT2D eigenvalue weighted by Gasteiger charge is -2.18. The van der Waals surface area contributed by atoms with E-state index in [1.165, 1.54) is 23.0 Å². The highest BCUT2D eigenvalue weighted by atomic mass is 15.2. The molecule has 2 aromatic rings. The number of aromatic amines is 1. The van der Waals surface area contributed by atoms with Crippen molar-refractivity contribution < 1.29 is 0 Å². The van der Waals surface area contributed by atoms with Crippen LogP contribution in [0.4, 0.5) is 0 Å². The summed E-state index contributed by atoms with van der Waals surface area (Å²) in [5, 5.41) is 8.07. The van der Waals surface area contributed by atoms with Gasteiger partial charge in [-0.2, -0.15) is 0 Å². The molecule has 3 N–H and O–H groups in total. The summed E-state index contributed by atoms with van der Waals surface area (Å²) in [6.45, 7) is 7.47. The van der Waals surface area contributed by atoms with Crippen LogP contribution in [-0.2, 0) is 6.54 Å². The molecule has 1 aromatic heterocycles. The molecule has 0 radical (unpaired) electrons. The number of H-pyrrole nitrogens is 1. The van der Waals surface area contributed by atoms with Gasteiger partial charge < -0.3 is 15.6 Å². The first-order valence-electron chi connectivity index (χ1n) is 8.12. The number of rotatable bonds is 6. The van der Waals surface area contributed by atoms with Crippen molar-refractivity contribution in [3.8, 4) is 0 Å². The third kappa shape index (κ3) is 4.79. The lowest BCUT2D eigenvalue weighted by molar-refractivity contribution is 0.489. The molecule has 0 aliphatic heterocycles. The molecule has 0 aliphatic rings. The second-order valence-corrected chi connectivity index (χ2v) is 6.32. The van der Waals surface area contributed by atoms with Gasteiger partial charge >= 0.3 is 0 Å². The largest absolute Gasteiger partial charge is 0.357 e. The van der Waals surface area contributed by atoms with Gasteiger partial charge in [-0.25, -0.2) is 0 Å². The SMILES string of the molecule is CN=C(NCc1cc2ccccc2[nH]1)NC(C)CCC(C)C. The first kappa shape index (κ1) is 16.4. The summed E-state index contributed by atoms with van der Waals surface area (Å²) < 4.78 is 0. The van der Waals surface area contributed by atoms with Crippen molar-refractivity contribution in [2.24, 2.45) is 10.9 Å². The number of guanidine groups is 1. The molecule has 1 atom stereocenters.